The van der Waals surface area contributed by atoms with Gasteiger partial charge in [-0.1, -0.05) is 54.1 Å². The second-order valence-electron chi connectivity index (χ2n) is 8.21. The van der Waals surface area contributed by atoms with Crippen molar-refractivity contribution >= 4 is 40.0 Å². The van der Waals surface area contributed by atoms with Crippen molar-refractivity contribution in [3.8, 4) is 0 Å². The Labute approximate surface area is 174 Å². The third-order valence-corrected chi connectivity index (χ3v) is 6.20. The summed E-state index contributed by atoms with van der Waals surface area (Å²) in [6.45, 7) is 2.25. The van der Waals surface area contributed by atoms with Crippen LogP contribution in [0.5, 0.6) is 0 Å². The molecule has 5 rings (SSSR count). The average molecular weight is 399 g/mol. The lowest BCUT2D eigenvalue weighted by molar-refractivity contribution is -0.818. The molecule has 0 bridgehead atoms. The van der Waals surface area contributed by atoms with E-state index in [0.717, 1.165) is 37.4 Å². The highest BCUT2D eigenvalue weighted by Gasteiger charge is 2.53. The van der Waals surface area contributed by atoms with Gasteiger partial charge in [0.25, 0.3) is 5.91 Å². The molecule has 1 N–H and O–H groups in total. The van der Waals surface area contributed by atoms with Crippen LogP contribution in [0.15, 0.2) is 65.7 Å². The maximum Gasteiger partial charge on any atom is 0.354 e. The number of hydrogen-bond donors (Lipinski definition) is 1. The van der Waals surface area contributed by atoms with Gasteiger partial charge in [-0.05, 0) is 30.3 Å². The minimum Gasteiger partial charge on any atom is -0.861 e. The number of amides is 3. The number of aliphatic imine (C=N–C) groups is 1. The van der Waals surface area contributed by atoms with E-state index in [1.54, 1.807) is 12.1 Å². The van der Waals surface area contributed by atoms with Crippen LogP contribution in [0.1, 0.15) is 11.1 Å². The molecule has 0 saturated heterocycles. The highest BCUT2D eigenvalue weighted by atomic mass is 16.3. The lowest BCUT2D eigenvalue weighted by Gasteiger charge is -2.45. The zero-order valence-corrected chi connectivity index (χ0v) is 16.8. The number of nitrogens with one attached hydrogen (secondary N) is 1. The predicted molar refractivity (Wildman–Crippen MR) is 113 cm³/mol. The minimum atomic E-state index is -1.38. The smallest absolute Gasteiger partial charge is 0.354 e. The average Bonchev–Trinajstić information content (AvgIpc) is 2.72. The summed E-state index contributed by atoms with van der Waals surface area (Å²) in [5, 5.41) is 14.7. The first-order valence-electron chi connectivity index (χ1n) is 9.95. The number of urea groups is 1. The number of carbonyl (C=O) groups excluding carboxylic acids is 2. The molecule has 3 aromatic rings. The fourth-order valence-corrected chi connectivity index (χ4v) is 4.78. The molecule has 6 nitrogen and oxygen atoms in total. The summed E-state index contributed by atoms with van der Waals surface area (Å²) in [5.41, 5.74) is 2.17. The number of benzene rings is 3. The first-order valence-corrected chi connectivity index (χ1v) is 9.95. The first kappa shape index (κ1) is 18.5. The van der Waals surface area contributed by atoms with Crippen molar-refractivity contribution in [3.63, 3.8) is 0 Å². The summed E-state index contributed by atoms with van der Waals surface area (Å²) < 4.78 is 0. The summed E-state index contributed by atoms with van der Waals surface area (Å²) in [6, 6.07) is 18.3. The second kappa shape index (κ2) is 6.50. The predicted octanol–water partition coefficient (Wildman–Crippen LogP) is 1.76. The van der Waals surface area contributed by atoms with Crippen LogP contribution in [0.4, 0.5) is 16.2 Å². The quantitative estimate of drug-likeness (QED) is 0.677. The molecule has 0 saturated carbocycles. The number of fused-ring (bicyclic) bond motifs is 2. The van der Waals surface area contributed by atoms with Crippen molar-refractivity contribution in [2.24, 2.45) is 10.4 Å². The molecule has 30 heavy (non-hydrogen) atoms. The van der Waals surface area contributed by atoms with E-state index in [1.807, 2.05) is 62.5 Å². The number of rotatable bonds is 1. The first-order chi connectivity index (χ1) is 14.4. The van der Waals surface area contributed by atoms with Gasteiger partial charge in [0.2, 0.25) is 0 Å². The number of anilines is 1. The third-order valence-electron chi connectivity index (χ3n) is 6.20. The number of aryl methyl sites for hydroxylation is 1. The Kier molecular flexibility index (Phi) is 4.01. The molecule has 6 heteroatoms. The van der Waals surface area contributed by atoms with Gasteiger partial charge in [-0.25, -0.2) is 14.7 Å². The maximum atomic E-state index is 13.8. The lowest BCUT2D eigenvalue weighted by atomic mass is 9.75. The monoisotopic (exact) mass is 399 g/mol. The lowest BCUT2D eigenvalue weighted by Crippen LogP contribution is -3.08. The van der Waals surface area contributed by atoms with Crippen LogP contribution >= 0.6 is 0 Å². The topological polar surface area (TPSA) is 77.2 Å². The van der Waals surface area contributed by atoms with Gasteiger partial charge in [0.05, 0.1) is 12.7 Å². The standard InChI is InChI=1S/C24H21N3O3/c1-15-10-11-19-17(12-15)13-24(14-26(19)2)21(28)25-23(30)27(22(24)29)20-9-5-7-16-6-3-4-8-18(16)20/h3-12H,13-14H2,1-2H3,(H,25,28,30). The largest absolute Gasteiger partial charge is 0.861 e. The van der Waals surface area contributed by atoms with Gasteiger partial charge >= 0.3 is 6.03 Å². The maximum absolute atomic E-state index is 13.8. The van der Waals surface area contributed by atoms with Crippen LogP contribution in [0.2, 0.25) is 0 Å². The number of nitrogens with zero attached hydrogens (tertiary/aromatic N) is 2. The van der Waals surface area contributed by atoms with E-state index in [-0.39, 0.29) is 13.0 Å². The van der Waals surface area contributed by atoms with Crippen LogP contribution in [-0.4, -0.2) is 31.4 Å². The molecule has 2 unspecified atom stereocenters. The Morgan fingerprint density at radius 1 is 1.07 bits per heavy atom. The van der Waals surface area contributed by atoms with Gasteiger partial charge in [0, 0.05) is 17.4 Å². The summed E-state index contributed by atoms with van der Waals surface area (Å²) in [6.07, 6.45) is 0.247. The van der Waals surface area contributed by atoms with Crippen molar-refractivity contribution in [1.82, 2.24) is 0 Å². The van der Waals surface area contributed by atoms with E-state index in [0.29, 0.717) is 5.69 Å². The van der Waals surface area contributed by atoms with Crippen LogP contribution in [0.25, 0.3) is 10.8 Å². The van der Waals surface area contributed by atoms with Gasteiger partial charge in [-0.15, -0.1) is 0 Å². The highest BCUT2D eigenvalue weighted by molar-refractivity contribution is 6.29. The molecule has 0 aromatic heterocycles. The fraction of sp³-hybridized carbons (Fsp3) is 0.208. The second-order valence-corrected chi connectivity index (χ2v) is 8.21. The zero-order valence-electron chi connectivity index (χ0n) is 16.8. The Hall–Kier alpha value is -3.51. The molecule has 2 atom stereocenters. The normalized spacial score (nSPS) is 23.6. The van der Waals surface area contributed by atoms with Gasteiger partial charge in [-0.2, -0.15) is 0 Å². The molecular formula is C24H21N3O3. The van der Waals surface area contributed by atoms with E-state index < -0.39 is 23.3 Å². The number of hydrogen-bond acceptors (Lipinski definition) is 3. The van der Waals surface area contributed by atoms with Gasteiger partial charge in [0.15, 0.2) is 0 Å². The zero-order chi connectivity index (χ0) is 21.0. The molecule has 3 amide bonds. The van der Waals surface area contributed by atoms with Crippen molar-refractivity contribution < 1.29 is 19.6 Å². The molecule has 1 spiro atoms. The molecule has 2 heterocycles. The number of imide groups is 1. The van der Waals surface area contributed by atoms with E-state index in [9.17, 15) is 14.7 Å². The number of quaternary nitrogens is 1. The molecule has 2 aliphatic rings. The van der Waals surface area contributed by atoms with Crippen LogP contribution in [0.3, 0.4) is 0 Å². The molecule has 0 aliphatic carbocycles. The molecule has 0 radical (unpaired) electrons. The SMILES string of the molecule is Cc1ccc2c(c1)CC1(C[NH+]2C)C(=O)N(c2cccc3ccccc23)C(=O)N=C1[O-]. The molecular weight excluding hydrogens is 378 g/mol. The van der Waals surface area contributed by atoms with E-state index in [4.69, 9.17) is 0 Å². The van der Waals surface area contributed by atoms with Crippen molar-refractivity contribution in [3.05, 3.63) is 71.8 Å². The fourth-order valence-electron chi connectivity index (χ4n) is 4.78. The van der Waals surface area contributed by atoms with Gasteiger partial charge in [0.1, 0.15) is 17.6 Å². The molecule has 150 valence electrons. The van der Waals surface area contributed by atoms with Crippen molar-refractivity contribution in [2.45, 2.75) is 13.3 Å². The van der Waals surface area contributed by atoms with Crippen LogP contribution in [-0.2, 0) is 11.2 Å². The molecule has 3 aromatic carbocycles. The van der Waals surface area contributed by atoms with Gasteiger partial charge < -0.3 is 10.0 Å². The summed E-state index contributed by atoms with van der Waals surface area (Å²) >= 11 is 0. The Balaban J connectivity index is 1.68. The Morgan fingerprint density at radius 2 is 1.83 bits per heavy atom. The highest BCUT2D eigenvalue weighted by Crippen LogP contribution is 2.38. The van der Waals surface area contributed by atoms with Crippen molar-refractivity contribution in [2.75, 3.05) is 18.5 Å². The van der Waals surface area contributed by atoms with E-state index >= 15 is 0 Å². The molecule has 0 fully saturated rings. The number of carbonyl (C=O) groups is 2. The van der Waals surface area contributed by atoms with Gasteiger partial charge in [-0.3, -0.25) is 4.79 Å². The minimum absolute atomic E-state index is 0.247. The summed E-state index contributed by atoms with van der Waals surface area (Å²) in [4.78, 5) is 32.5. The van der Waals surface area contributed by atoms with Crippen molar-refractivity contribution in [1.29, 1.82) is 0 Å². The van der Waals surface area contributed by atoms with Crippen LogP contribution in [0, 0.1) is 12.3 Å². The third kappa shape index (κ3) is 2.57. The Bertz CT molecular complexity index is 1240. The van der Waals surface area contributed by atoms with E-state index in [1.165, 1.54) is 0 Å². The molecule has 2 aliphatic heterocycles. The summed E-state index contributed by atoms with van der Waals surface area (Å²) in [7, 11) is 1.94. The van der Waals surface area contributed by atoms with E-state index in [2.05, 4.69) is 4.99 Å². The summed E-state index contributed by atoms with van der Waals surface area (Å²) in [5.74, 6) is -1.13. The van der Waals surface area contributed by atoms with Crippen LogP contribution < -0.4 is 14.9 Å². The Morgan fingerprint density at radius 3 is 2.67 bits per heavy atom.